The van der Waals surface area contributed by atoms with Gasteiger partial charge >= 0.3 is 0 Å². The number of rotatable bonds is 6. The number of pyridine rings is 1. The maximum Gasteiger partial charge on any atom is 0.260 e. The SMILES string of the molecule is CN(C)S(=O)(=O)c1ccc(C(=O)N(Cc2cccnc2)c2nc3c(Cl)cccc3s2)cc1. The number of nitrogens with zero attached hydrogens (tertiary/aromatic N) is 4. The Morgan fingerprint density at radius 3 is 2.44 bits per heavy atom. The summed E-state index contributed by atoms with van der Waals surface area (Å²) in [6.45, 7) is 0.252. The highest BCUT2D eigenvalue weighted by Crippen LogP contribution is 2.34. The van der Waals surface area contributed by atoms with Crippen LogP contribution >= 0.6 is 22.9 Å². The van der Waals surface area contributed by atoms with Crippen LogP contribution in [0.25, 0.3) is 10.2 Å². The maximum atomic E-state index is 13.5. The Kier molecular flexibility index (Phi) is 6.25. The number of para-hydroxylation sites is 1. The zero-order valence-corrected chi connectivity index (χ0v) is 19.7. The molecule has 32 heavy (non-hydrogen) atoms. The summed E-state index contributed by atoms with van der Waals surface area (Å²) in [6.07, 6.45) is 3.35. The van der Waals surface area contributed by atoms with Crippen molar-refractivity contribution in [1.82, 2.24) is 14.3 Å². The van der Waals surface area contributed by atoms with Gasteiger partial charge in [0.25, 0.3) is 5.91 Å². The number of hydrogen-bond donors (Lipinski definition) is 0. The normalized spacial score (nSPS) is 11.8. The zero-order valence-electron chi connectivity index (χ0n) is 17.3. The Bertz CT molecular complexity index is 1370. The lowest BCUT2D eigenvalue weighted by Gasteiger charge is -2.20. The third-order valence-electron chi connectivity index (χ3n) is 4.78. The van der Waals surface area contributed by atoms with E-state index in [-0.39, 0.29) is 17.3 Å². The largest absolute Gasteiger partial charge is 0.279 e. The first-order valence-corrected chi connectivity index (χ1v) is 12.2. The summed E-state index contributed by atoms with van der Waals surface area (Å²) >= 11 is 7.65. The molecule has 2 aromatic carbocycles. The van der Waals surface area contributed by atoms with Crippen LogP contribution in [0.3, 0.4) is 0 Å². The lowest BCUT2D eigenvalue weighted by molar-refractivity contribution is 0.0985. The molecule has 2 heterocycles. The molecule has 0 aliphatic heterocycles. The van der Waals surface area contributed by atoms with Gasteiger partial charge in [-0.25, -0.2) is 17.7 Å². The molecule has 0 fully saturated rings. The first-order valence-electron chi connectivity index (χ1n) is 9.56. The standard InChI is InChI=1S/C22H19ClN4O3S2/c1-26(2)32(29,30)17-10-8-16(9-11-17)21(28)27(14-15-5-4-12-24-13-15)22-25-20-18(23)6-3-7-19(20)31-22/h3-13H,14H2,1-2H3. The minimum Gasteiger partial charge on any atom is -0.279 e. The van der Waals surface area contributed by atoms with E-state index in [1.54, 1.807) is 29.4 Å². The second-order valence-corrected chi connectivity index (χ2v) is 10.7. The van der Waals surface area contributed by atoms with E-state index in [1.807, 2.05) is 18.2 Å². The van der Waals surface area contributed by atoms with Crippen molar-refractivity contribution in [2.45, 2.75) is 11.4 Å². The number of fused-ring (bicyclic) bond motifs is 1. The Morgan fingerprint density at radius 1 is 1.06 bits per heavy atom. The minimum absolute atomic E-state index is 0.115. The number of amides is 1. The molecular formula is C22H19ClN4O3S2. The molecule has 4 aromatic rings. The number of anilines is 1. The molecule has 0 aliphatic carbocycles. The fraction of sp³-hybridized carbons (Fsp3) is 0.136. The van der Waals surface area contributed by atoms with E-state index in [1.165, 1.54) is 49.7 Å². The highest BCUT2D eigenvalue weighted by atomic mass is 35.5. The molecule has 0 atom stereocenters. The van der Waals surface area contributed by atoms with Gasteiger partial charge in [0, 0.05) is 32.1 Å². The van der Waals surface area contributed by atoms with Crippen molar-refractivity contribution in [3.8, 4) is 0 Å². The van der Waals surface area contributed by atoms with Crippen molar-refractivity contribution >= 4 is 54.2 Å². The Balaban J connectivity index is 1.74. The summed E-state index contributed by atoms with van der Waals surface area (Å²) in [6, 6.07) is 15.0. The molecule has 0 spiro atoms. The summed E-state index contributed by atoms with van der Waals surface area (Å²) in [5.74, 6) is -0.308. The molecule has 4 rings (SSSR count). The minimum atomic E-state index is -3.59. The van der Waals surface area contributed by atoms with E-state index in [0.717, 1.165) is 14.6 Å². The van der Waals surface area contributed by atoms with Gasteiger partial charge in [0.15, 0.2) is 5.13 Å². The van der Waals surface area contributed by atoms with Crippen LogP contribution < -0.4 is 4.90 Å². The van der Waals surface area contributed by atoms with E-state index in [2.05, 4.69) is 9.97 Å². The van der Waals surface area contributed by atoms with Crippen LogP contribution in [-0.2, 0) is 16.6 Å². The van der Waals surface area contributed by atoms with Gasteiger partial charge < -0.3 is 0 Å². The van der Waals surface area contributed by atoms with Crippen molar-refractivity contribution < 1.29 is 13.2 Å². The molecule has 0 unspecified atom stereocenters. The summed E-state index contributed by atoms with van der Waals surface area (Å²) in [5, 5.41) is 1.00. The molecule has 0 radical (unpaired) electrons. The van der Waals surface area contributed by atoms with Gasteiger partial charge in [0.1, 0.15) is 5.52 Å². The molecule has 10 heteroatoms. The van der Waals surface area contributed by atoms with Crippen LogP contribution in [0.1, 0.15) is 15.9 Å². The van der Waals surface area contributed by atoms with Gasteiger partial charge in [0.2, 0.25) is 10.0 Å². The predicted octanol–water partition coefficient (Wildman–Crippen LogP) is 4.44. The summed E-state index contributed by atoms with van der Waals surface area (Å²) in [7, 11) is -0.666. The van der Waals surface area contributed by atoms with Crippen molar-refractivity contribution in [2.75, 3.05) is 19.0 Å². The van der Waals surface area contributed by atoms with E-state index in [4.69, 9.17) is 11.6 Å². The molecule has 0 saturated heterocycles. The summed E-state index contributed by atoms with van der Waals surface area (Å²) in [4.78, 5) is 23.9. The molecule has 0 N–H and O–H groups in total. The third-order valence-corrected chi connectivity index (χ3v) is 7.96. The van der Waals surface area contributed by atoms with Gasteiger partial charge in [-0.2, -0.15) is 0 Å². The number of hydrogen-bond acceptors (Lipinski definition) is 6. The number of carbonyl (C=O) groups excluding carboxylic acids is 1. The van der Waals surface area contributed by atoms with Crippen LogP contribution in [0.2, 0.25) is 5.02 Å². The lowest BCUT2D eigenvalue weighted by atomic mass is 10.2. The smallest absolute Gasteiger partial charge is 0.260 e. The van der Waals surface area contributed by atoms with Crippen LogP contribution in [0.15, 0.2) is 71.9 Å². The Hall–Kier alpha value is -2.85. The molecule has 7 nitrogen and oxygen atoms in total. The Labute approximate surface area is 195 Å². The molecule has 0 saturated carbocycles. The predicted molar refractivity (Wildman–Crippen MR) is 127 cm³/mol. The number of halogens is 1. The highest BCUT2D eigenvalue weighted by Gasteiger charge is 2.24. The first kappa shape index (κ1) is 22.3. The summed E-state index contributed by atoms with van der Waals surface area (Å²) < 4.78 is 26.7. The van der Waals surface area contributed by atoms with Gasteiger partial charge in [-0.05, 0) is 48.0 Å². The summed E-state index contributed by atoms with van der Waals surface area (Å²) in [5.41, 5.74) is 1.81. The maximum absolute atomic E-state index is 13.5. The van der Waals surface area contributed by atoms with E-state index >= 15 is 0 Å². The average Bonchev–Trinajstić information content (AvgIpc) is 3.23. The quantitative estimate of drug-likeness (QED) is 0.402. The van der Waals surface area contributed by atoms with E-state index in [0.29, 0.717) is 21.2 Å². The number of benzene rings is 2. The van der Waals surface area contributed by atoms with Crippen molar-refractivity contribution in [3.05, 3.63) is 83.1 Å². The molecule has 2 aromatic heterocycles. The number of sulfonamides is 1. The zero-order chi connectivity index (χ0) is 22.9. The highest BCUT2D eigenvalue weighted by molar-refractivity contribution is 7.89. The lowest BCUT2D eigenvalue weighted by Crippen LogP contribution is -2.30. The number of carbonyl (C=O) groups is 1. The van der Waals surface area contributed by atoms with Gasteiger partial charge in [-0.1, -0.05) is 35.1 Å². The molecular weight excluding hydrogens is 468 g/mol. The van der Waals surface area contributed by atoms with Crippen LogP contribution in [-0.4, -0.2) is 42.7 Å². The van der Waals surface area contributed by atoms with Gasteiger partial charge in [-0.3, -0.25) is 14.7 Å². The Morgan fingerprint density at radius 2 is 1.81 bits per heavy atom. The van der Waals surface area contributed by atoms with Gasteiger partial charge in [0.05, 0.1) is 21.2 Å². The van der Waals surface area contributed by atoms with Gasteiger partial charge in [-0.15, -0.1) is 0 Å². The topological polar surface area (TPSA) is 83.5 Å². The second kappa shape index (κ2) is 8.95. The molecule has 1 amide bonds. The monoisotopic (exact) mass is 486 g/mol. The van der Waals surface area contributed by atoms with Crippen molar-refractivity contribution in [3.63, 3.8) is 0 Å². The van der Waals surface area contributed by atoms with E-state index < -0.39 is 10.0 Å². The molecule has 164 valence electrons. The number of thiazole rings is 1. The molecule has 0 aliphatic rings. The van der Waals surface area contributed by atoms with Crippen LogP contribution in [0.4, 0.5) is 5.13 Å². The second-order valence-electron chi connectivity index (χ2n) is 7.15. The van der Waals surface area contributed by atoms with Crippen LogP contribution in [0, 0.1) is 0 Å². The third kappa shape index (κ3) is 4.37. The van der Waals surface area contributed by atoms with Crippen molar-refractivity contribution in [1.29, 1.82) is 0 Å². The fourth-order valence-corrected chi connectivity index (χ4v) is 5.22. The van der Waals surface area contributed by atoms with Crippen LogP contribution in [0.5, 0.6) is 0 Å². The first-order chi connectivity index (χ1) is 15.3. The molecule has 0 bridgehead atoms. The number of aromatic nitrogens is 2. The van der Waals surface area contributed by atoms with Crippen molar-refractivity contribution in [2.24, 2.45) is 0 Å². The average molecular weight is 487 g/mol. The fourth-order valence-electron chi connectivity index (χ4n) is 3.06. The van der Waals surface area contributed by atoms with E-state index in [9.17, 15) is 13.2 Å².